The largest absolute Gasteiger partial charge is 0.469 e. The summed E-state index contributed by atoms with van der Waals surface area (Å²) in [6.07, 6.45) is 0.425. The van der Waals surface area contributed by atoms with Crippen LogP contribution in [0.15, 0.2) is 0 Å². The fourth-order valence-electron chi connectivity index (χ4n) is 1.57. The van der Waals surface area contributed by atoms with E-state index in [1.54, 1.807) is 0 Å². The Balaban J connectivity index is 2.02. The van der Waals surface area contributed by atoms with Gasteiger partial charge in [0.25, 0.3) is 0 Å². The monoisotopic (exact) mass is 158 g/mol. The van der Waals surface area contributed by atoms with Crippen molar-refractivity contribution in [1.29, 1.82) is 0 Å². The zero-order valence-corrected chi connectivity index (χ0v) is 6.28. The lowest BCUT2D eigenvalue weighted by molar-refractivity contribution is -0.147. The average Bonchev–Trinajstić information content (AvgIpc) is 2.62. The highest BCUT2D eigenvalue weighted by Crippen LogP contribution is 2.34. The third kappa shape index (κ3) is 1.02. The number of ether oxygens (including phenoxy) is 3. The molecule has 0 aromatic heterocycles. The van der Waals surface area contributed by atoms with E-state index < -0.39 is 0 Å². The number of esters is 1. The molecule has 0 amide bonds. The Bertz CT molecular complexity index is 179. The number of hydrogen-bond acceptors (Lipinski definition) is 4. The maximum absolute atomic E-state index is 11.0. The quantitative estimate of drug-likeness (QED) is 0.501. The summed E-state index contributed by atoms with van der Waals surface area (Å²) in [5.41, 5.74) is 0. The van der Waals surface area contributed by atoms with Gasteiger partial charge in [-0.15, -0.1) is 0 Å². The Kier molecular flexibility index (Phi) is 1.58. The Labute approximate surface area is 64.4 Å². The summed E-state index contributed by atoms with van der Waals surface area (Å²) >= 11 is 0. The van der Waals surface area contributed by atoms with Crippen molar-refractivity contribution in [3.05, 3.63) is 0 Å². The highest BCUT2D eigenvalue weighted by molar-refractivity contribution is 5.73. The Hall–Kier alpha value is -0.610. The fraction of sp³-hybridized carbons (Fsp3) is 0.857. The molecule has 62 valence electrons. The van der Waals surface area contributed by atoms with E-state index in [0.29, 0.717) is 13.0 Å². The standard InChI is InChI=1S/C7H10O4/c1-9-7(8)4-2-6-10-3-5(4)11-6/h4-6H,2-3H2,1H3/t4-,5+,6+/m0/s1. The zero-order chi connectivity index (χ0) is 7.84. The molecule has 0 N–H and O–H groups in total. The molecule has 4 heteroatoms. The van der Waals surface area contributed by atoms with Crippen LogP contribution in [0.1, 0.15) is 6.42 Å². The van der Waals surface area contributed by atoms with Gasteiger partial charge in [0.1, 0.15) is 0 Å². The summed E-state index contributed by atoms with van der Waals surface area (Å²) in [5, 5.41) is 0. The smallest absolute Gasteiger partial charge is 0.311 e. The second-order valence-electron chi connectivity index (χ2n) is 2.80. The molecule has 2 heterocycles. The van der Waals surface area contributed by atoms with Crippen LogP contribution in [0, 0.1) is 5.92 Å². The van der Waals surface area contributed by atoms with E-state index >= 15 is 0 Å². The lowest BCUT2D eigenvalue weighted by Gasteiger charge is -2.15. The topological polar surface area (TPSA) is 44.8 Å². The molecule has 2 aliphatic rings. The SMILES string of the molecule is COC(=O)[C@H]1C[C@@H]2OC[C@H]1O2. The number of hydrogen-bond donors (Lipinski definition) is 0. The van der Waals surface area contributed by atoms with Crippen LogP contribution in [0.2, 0.25) is 0 Å². The summed E-state index contributed by atoms with van der Waals surface area (Å²) in [4.78, 5) is 11.0. The number of methoxy groups -OCH3 is 1. The lowest BCUT2D eigenvalue weighted by atomic mass is 10.0. The van der Waals surface area contributed by atoms with Crippen molar-refractivity contribution < 1.29 is 19.0 Å². The fourth-order valence-corrected chi connectivity index (χ4v) is 1.57. The minimum atomic E-state index is -0.180. The number of carbonyl (C=O) groups is 1. The van der Waals surface area contributed by atoms with Crippen LogP contribution in [0.25, 0.3) is 0 Å². The first-order valence-corrected chi connectivity index (χ1v) is 3.66. The van der Waals surface area contributed by atoms with Gasteiger partial charge in [0.15, 0.2) is 6.29 Å². The second kappa shape index (κ2) is 2.46. The van der Waals surface area contributed by atoms with Crippen molar-refractivity contribution in [2.45, 2.75) is 18.8 Å². The highest BCUT2D eigenvalue weighted by Gasteiger charge is 2.46. The molecule has 0 aromatic carbocycles. The molecule has 2 rings (SSSR count). The van der Waals surface area contributed by atoms with Gasteiger partial charge in [-0.1, -0.05) is 0 Å². The first-order chi connectivity index (χ1) is 5.31. The van der Waals surface area contributed by atoms with Crippen LogP contribution >= 0.6 is 0 Å². The van der Waals surface area contributed by atoms with E-state index in [-0.39, 0.29) is 24.3 Å². The van der Waals surface area contributed by atoms with Crippen LogP contribution in [-0.2, 0) is 19.0 Å². The van der Waals surface area contributed by atoms with Crippen LogP contribution in [0.5, 0.6) is 0 Å². The molecule has 2 saturated heterocycles. The van der Waals surface area contributed by atoms with Gasteiger partial charge in [-0.3, -0.25) is 4.79 Å². The van der Waals surface area contributed by atoms with Gasteiger partial charge in [-0.2, -0.15) is 0 Å². The molecule has 4 nitrogen and oxygen atoms in total. The second-order valence-corrected chi connectivity index (χ2v) is 2.80. The summed E-state index contributed by atoms with van der Waals surface area (Å²) in [7, 11) is 1.40. The number of rotatable bonds is 1. The van der Waals surface area contributed by atoms with E-state index in [1.807, 2.05) is 0 Å². The summed E-state index contributed by atoms with van der Waals surface area (Å²) < 4.78 is 15.0. The zero-order valence-electron chi connectivity index (χ0n) is 6.28. The van der Waals surface area contributed by atoms with Gasteiger partial charge >= 0.3 is 5.97 Å². The molecule has 0 aromatic rings. The molecular weight excluding hydrogens is 148 g/mol. The molecule has 0 unspecified atom stereocenters. The molecular formula is C7H10O4. The van der Waals surface area contributed by atoms with E-state index in [1.165, 1.54) is 7.11 Å². The van der Waals surface area contributed by atoms with Crippen LogP contribution in [0.3, 0.4) is 0 Å². The third-order valence-electron chi connectivity index (χ3n) is 2.17. The minimum absolute atomic E-state index is 0.0625. The van der Waals surface area contributed by atoms with Crippen molar-refractivity contribution in [2.75, 3.05) is 13.7 Å². The Morgan fingerprint density at radius 3 is 2.91 bits per heavy atom. The van der Waals surface area contributed by atoms with Gasteiger partial charge in [0.05, 0.1) is 25.7 Å². The van der Waals surface area contributed by atoms with Crippen molar-refractivity contribution in [3.8, 4) is 0 Å². The van der Waals surface area contributed by atoms with Gasteiger partial charge in [0.2, 0.25) is 0 Å². The Morgan fingerprint density at radius 1 is 1.64 bits per heavy atom. The predicted molar refractivity (Wildman–Crippen MR) is 34.7 cm³/mol. The molecule has 2 bridgehead atoms. The minimum Gasteiger partial charge on any atom is -0.469 e. The van der Waals surface area contributed by atoms with E-state index in [0.717, 1.165) is 0 Å². The summed E-state index contributed by atoms with van der Waals surface area (Å²) in [6.45, 7) is 0.532. The van der Waals surface area contributed by atoms with Gasteiger partial charge in [0, 0.05) is 6.42 Å². The van der Waals surface area contributed by atoms with Gasteiger partial charge in [-0.05, 0) is 0 Å². The summed E-state index contributed by atoms with van der Waals surface area (Å²) in [6, 6.07) is 0. The Morgan fingerprint density at radius 2 is 2.45 bits per heavy atom. The molecule has 0 radical (unpaired) electrons. The average molecular weight is 158 g/mol. The van der Waals surface area contributed by atoms with Gasteiger partial charge < -0.3 is 14.2 Å². The van der Waals surface area contributed by atoms with Crippen LogP contribution in [0.4, 0.5) is 0 Å². The van der Waals surface area contributed by atoms with E-state index in [9.17, 15) is 4.79 Å². The normalized spacial score (nSPS) is 41.0. The van der Waals surface area contributed by atoms with Crippen molar-refractivity contribution >= 4 is 5.97 Å². The number of fused-ring (bicyclic) bond motifs is 2. The van der Waals surface area contributed by atoms with Crippen LogP contribution in [-0.4, -0.2) is 32.1 Å². The molecule has 3 atom stereocenters. The molecule has 0 aliphatic carbocycles. The van der Waals surface area contributed by atoms with E-state index in [2.05, 4.69) is 4.74 Å². The summed E-state index contributed by atoms with van der Waals surface area (Å²) in [5.74, 6) is -0.278. The molecule has 0 spiro atoms. The van der Waals surface area contributed by atoms with Crippen LogP contribution < -0.4 is 0 Å². The first-order valence-electron chi connectivity index (χ1n) is 3.66. The third-order valence-corrected chi connectivity index (χ3v) is 2.17. The molecule has 11 heavy (non-hydrogen) atoms. The maximum atomic E-state index is 11.0. The molecule has 2 fully saturated rings. The first kappa shape index (κ1) is 7.06. The highest BCUT2D eigenvalue weighted by atomic mass is 16.7. The number of carbonyl (C=O) groups excluding carboxylic acids is 1. The van der Waals surface area contributed by atoms with E-state index in [4.69, 9.17) is 9.47 Å². The van der Waals surface area contributed by atoms with Crippen molar-refractivity contribution in [3.63, 3.8) is 0 Å². The van der Waals surface area contributed by atoms with Gasteiger partial charge in [-0.25, -0.2) is 0 Å². The molecule has 2 aliphatic heterocycles. The van der Waals surface area contributed by atoms with Crippen molar-refractivity contribution in [1.82, 2.24) is 0 Å². The van der Waals surface area contributed by atoms with Crippen molar-refractivity contribution in [2.24, 2.45) is 5.92 Å². The molecule has 0 saturated carbocycles. The predicted octanol–water partition coefficient (Wildman–Crippen LogP) is -0.0792. The lowest BCUT2D eigenvalue weighted by Crippen LogP contribution is -2.29. The maximum Gasteiger partial charge on any atom is 0.311 e.